The third kappa shape index (κ3) is 5.23. The molecule has 12 heteroatoms. The molecule has 0 aliphatic carbocycles. The normalized spacial score (nSPS) is 10.4. The Bertz CT molecular complexity index is 1210. The van der Waals surface area contributed by atoms with Gasteiger partial charge in [-0.25, -0.2) is 4.79 Å². The van der Waals surface area contributed by atoms with Gasteiger partial charge in [-0.2, -0.15) is 0 Å². The maximum absolute atomic E-state index is 12.6. The van der Waals surface area contributed by atoms with Gasteiger partial charge in [0.2, 0.25) is 0 Å². The van der Waals surface area contributed by atoms with Gasteiger partial charge in [0.05, 0.1) is 31.3 Å². The number of nitrogens with zero attached hydrogens (tertiary/aromatic N) is 3. The van der Waals surface area contributed by atoms with Crippen LogP contribution in [0.25, 0.3) is 0 Å². The predicted octanol–water partition coefficient (Wildman–Crippen LogP) is 4.92. The van der Waals surface area contributed by atoms with Crippen molar-refractivity contribution in [3.8, 4) is 0 Å². The molecule has 0 N–H and O–H groups in total. The molecule has 32 heavy (non-hydrogen) atoms. The number of benzene rings is 3. The average Bonchev–Trinajstić information content (AvgIpc) is 2.78. The maximum Gasteiger partial charge on any atom is 0.339 e. The summed E-state index contributed by atoms with van der Waals surface area (Å²) in [6, 6.07) is 15.0. The Kier molecular flexibility index (Phi) is 6.75. The van der Waals surface area contributed by atoms with Crippen LogP contribution in [0.3, 0.4) is 0 Å². The van der Waals surface area contributed by atoms with E-state index in [-0.39, 0.29) is 22.8 Å². The summed E-state index contributed by atoms with van der Waals surface area (Å²) in [6.45, 7) is -0.131. The summed E-state index contributed by atoms with van der Waals surface area (Å²) >= 11 is 0.905. The molecule has 0 aliphatic heterocycles. The van der Waals surface area contributed by atoms with E-state index in [0.29, 0.717) is 10.5 Å². The molecule has 0 spiro atoms. The van der Waals surface area contributed by atoms with Gasteiger partial charge in [0.25, 0.3) is 17.1 Å². The molecule has 3 rings (SSSR count). The fourth-order valence-corrected chi connectivity index (χ4v) is 3.65. The zero-order valence-corrected chi connectivity index (χ0v) is 16.9. The first-order valence-electron chi connectivity index (χ1n) is 8.86. The highest BCUT2D eigenvalue weighted by Crippen LogP contribution is 2.38. The van der Waals surface area contributed by atoms with Crippen LogP contribution in [0.5, 0.6) is 0 Å². The van der Waals surface area contributed by atoms with Gasteiger partial charge >= 0.3 is 5.97 Å². The van der Waals surface area contributed by atoms with Gasteiger partial charge in [0, 0.05) is 23.1 Å². The number of carbonyl (C=O) groups excluding carboxylic acids is 1. The van der Waals surface area contributed by atoms with Crippen LogP contribution in [0.15, 0.2) is 76.5 Å². The second-order valence-corrected chi connectivity index (χ2v) is 7.35. The van der Waals surface area contributed by atoms with Crippen molar-refractivity contribution in [3.63, 3.8) is 0 Å². The number of hydrogen-bond acceptors (Lipinski definition) is 9. The Hall–Kier alpha value is -4.32. The Morgan fingerprint density at radius 3 is 2.03 bits per heavy atom. The average molecular weight is 455 g/mol. The Morgan fingerprint density at radius 2 is 1.41 bits per heavy atom. The molecule has 0 aliphatic rings. The van der Waals surface area contributed by atoms with E-state index in [4.69, 9.17) is 4.74 Å². The van der Waals surface area contributed by atoms with E-state index in [0.717, 1.165) is 23.9 Å². The van der Waals surface area contributed by atoms with Crippen LogP contribution in [0.2, 0.25) is 0 Å². The smallest absolute Gasteiger partial charge is 0.339 e. The highest BCUT2D eigenvalue weighted by molar-refractivity contribution is 7.99. The Labute approximate surface area is 184 Å². The molecular weight excluding hydrogens is 442 g/mol. The van der Waals surface area contributed by atoms with E-state index in [2.05, 4.69) is 0 Å². The lowest BCUT2D eigenvalue weighted by molar-refractivity contribution is -0.396. The third-order valence-corrected chi connectivity index (χ3v) is 5.34. The summed E-state index contributed by atoms with van der Waals surface area (Å²) in [5.41, 5.74) is -0.284. The Morgan fingerprint density at radius 1 is 0.781 bits per heavy atom. The van der Waals surface area contributed by atoms with Gasteiger partial charge in [-0.3, -0.25) is 30.3 Å². The van der Waals surface area contributed by atoms with Crippen LogP contribution in [-0.4, -0.2) is 20.7 Å². The third-order valence-electron chi connectivity index (χ3n) is 4.19. The molecular formula is C20H13N3O8S. The number of hydrogen-bond donors (Lipinski definition) is 0. The second-order valence-electron chi connectivity index (χ2n) is 6.26. The molecule has 0 heterocycles. The standard InChI is InChI=1S/C20H13N3O8S/c24-20(31-12-13-5-7-14(8-6-13)21(25)26)16-3-1-2-4-18(16)32-19-10-9-15(22(27)28)11-17(19)23(29)30/h1-11H,12H2. The van der Waals surface area contributed by atoms with Crippen molar-refractivity contribution in [1.29, 1.82) is 0 Å². The second kappa shape index (κ2) is 9.66. The molecule has 3 aromatic carbocycles. The first-order valence-corrected chi connectivity index (χ1v) is 9.68. The van der Waals surface area contributed by atoms with Crippen molar-refractivity contribution < 1.29 is 24.3 Å². The van der Waals surface area contributed by atoms with E-state index >= 15 is 0 Å². The van der Waals surface area contributed by atoms with Crippen molar-refractivity contribution in [2.24, 2.45) is 0 Å². The minimum absolute atomic E-state index is 0.0912. The Balaban J connectivity index is 1.80. The van der Waals surface area contributed by atoms with Gasteiger partial charge in [-0.05, 0) is 35.9 Å². The highest BCUT2D eigenvalue weighted by atomic mass is 32.2. The number of carbonyl (C=O) groups is 1. The molecule has 0 radical (unpaired) electrons. The lowest BCUT2D eigenvalue weighted by Crippen LogP contribution is -2.06. The van der Waals surface area contributed by atoms with Crippen molar-refractivity contribution in [1.82, 2.24) is 0 Å². The van der Waals surface area contributed by atoms with Crippen molar-refractivity contribution >= 4 is 34.8 Å². The van der Waals surface area contributed by atoms with Crippen molar-refractivity contribution in [2.75, 3.05) is 0 Å². The summed E-state index contributed by atoms with van der Waals surface area (Å²) in [4.78, 5) is 44.1. The van der Waals surface area contributed by atoms with Crippen LogP contribution in [0.1, 0.15) is 15.9 Å². The molecule has 3 aromatic rings. The summed E-state index contributed by atoms with van der Waals surface area (Å²) in [5.74, 6) is -0.698. The predicted molar refractivity (Wildman–Crippen MR) is 113 cm³/mol. The highest BCUT2D eigenvalue weighted by Gasteiger charge is 2.22. The molecule has 0 bridgehead atoms. The van der Waals surface area contributed by atoms with Crippen LogP contribution in [0, 0.1) is 30.3 Å². The summed E-state index contributed by atoms with van der Waals surface area (Å²) in [7, 11) is 0. The van der Waals surface area contributed by atoms with Gasteiger partial charge in [0.1, 0.15) is 6.61 Å². The van der Waals surface area contributed by atoms with Crippen molar-refractivity contribution in [3.05, 3.63) is 108 Å². The molecule has 0 saturated heterocycles. The first-order chi connectivity index (χ1) is 15.3. The van der Waals surface area contributed by atoms with E-state index in [1.165, 1.54) is 36.4 Å². The number of nitro benzene ring substituents is 3. The van der Waals surface area contributed by atoms with E-state index in [1.807, 2.05) is 0 Å². The van der Waals surface area contributed by atoms with Gasteiger partial charge < -0.3 is 4.74 Å². The molecule has 0 unspecified atom stereocenters. The van der Waals surface area contributed by atoms with Crippen molar-refractivity contribution in [2.45, 2.75) is 16.4 Å². The number of rotatable bonds is 8. The number of esters is 1. The van der Waals surface area contributed by atoms with Crippen LogP contribution in [0.4, 0.5) is 17.1 Å². The van der Waals surface area contributed by atoms with Gasteiger partial charge in [-0.1, -0.05) is 23.9 Å². The number of nitro groups is 3. The minimum atomic E-state index is -0.731. The quantitative estimate of drug-likeness (QED) is 0.261. The summed E-state index contributed by atoms with van der Waals surface area (Å²) in [6.07, 6.45) is 0. The fourth-order valence-electron chi connectivity index (χ4n) is 2.63. The van der Waals surface area contributed by atoms with Crippen LogP contribution < -0.4 is 0 Å². The van der Waals surface area contributed by atoms with Crippen LogP contribution >= 0.6 is 11.8 Å². The molecule has 0 atom stereocenters. The largest absolute Gasteiger partial charge is 0.457 e. The zero-order valence-electron chi connectivity index (χ0n) is 16.1. The molecule has 0 fully saturated rings. The van der Waals surface area contributed by atoms with E-state index < -0.39 is 32.1 Å². The van der Waals surface area contributed by atoms with Gasteiger partial charge in [0.15, 0.2) is 0 Å². The summed E-state index contributed by atoms with van der Waals surface area (Å²) < 4.78 is 5.28. The van der Waals surface area contributed by atoms with E-state index in [9.17, 15) is 35.1 Å². The van der Waals surface area contributed by atoms with Gasteiger partial charge in [-0.15, -0.1) is 0 Å². The number of non-ortho nitro benzene ring substituents is 2. The summed E-state index contributed by atoms with van der Waals surface area (Å²) in [5, 5.41) is 33.0. The molecule has 0 saturated carbocycles. The minimum Gasteiger partial charge on any atom is -0.457 e. The lowest BCUT2D eigenvalue weighted by atomic mass is 10.2. The molecule has 0 aromatic heterocycles. The van der Waals surface area contributed by atoms with E-state index in [1.54, 1.807) is 18.2 Å². The topological polar surface area (TPSA) is 156 Å². The molecule has 162 valence electrons. The maximum atomic E-state index is 12.6. The monoisotopic (exact) mass is 455 g/mol. The fraction of sp³-hybridized carbons (Fsp3) is 0.0500. The molecule has 0 amide bonds. The zero-order chi connectivity index (χ0) is 23.3. The van der Waals surface area contributed by atoms with Crippen LogP contribution in [-0.2, 0) is 11.3 Å². The molecule has 11 nitrogen and oxygen atoms in total. The first kappa shape index (κ1) is 22.4. The SMILES string of the molecule is O=C(OCc1ccc([N+](=O)[O-])cc1)c1ccccc1Sc1ccc([N+](=O)[O-])cc1[N+](=O)[O-]. The lowest BCUT2D eigenvalue weighted by Gasteiger charge is -2.10. The number of ether oxygens (including phenoxy) is 1.